The molecule has 0 aliphatic carbocycles. The van der Waals surface area contributed by atoms with Gasteiger partial charge in [0.1, 0.15) is 4.64 Å². The molecule has 0 saturated heterocycles. The van der Waals surface area contributed by atoms with Crippen LogP contribution in [0.25, 0.3) is 0 Å². The summed E-state index contributed by atoms with van der Waals surface area (Å²) in [6.45, 7) is 4.71. The maximum atomic E-state index is 12.5. The minimum Gasteiger partial charge on any atom is -0.352 e. The molecule has 0 spiro atoms. The first kappa shape index (κ1) is 15.4. The molecule has 0 unspecified atom stereocenters. The van der Waals surface area contributed by atoms with Crippen molar-refractivity contribution >= 4 is 18.1 Å². The van der Waals surface area contributed by atoms with Crippen LogP contribution in [-0.2, 0) is 13.6 Å². The van der Waals surface area contributed by atoms with Gasteiger partial charge < -0.3 is 9.88 Å². The Hall–Kier alpha value is -1.95. The second-order valence-electron chi connectivity index (χ2n) is 5.44. The molecule has 0 radical (unpaired) electrons. The summed E-state index contributed by atoms with van der Waals surface area (Å²) < 4.78 is 2.25. The summed E-state index contributed by atoms with van der Waals surface area (Å²) >= 11 is 5.16. The van der Waals surface area contributed by atoms with E-state index in [0.717, 1.165) is 11.3 Å². The number of hydrogen-bond donors (Lipinski definition) is 1. The van der Waals surface area contributed by atoms with Crippen LogP contribution in [0, 0.1) is 4.64 Å². The van der Waals surface area contributed by atoms with Gasteiger partial charge in [-0.15, -0.1) is 0 Å². The Balaban J connectivity index is 2.22. The van der Waals surface area contributed by atoms with Crippen molar-refractivity contribution in [3.63, 3.8) is 0 Å². The number of carbonyl (C=O) groups excluding carboxylic acids is 1. The van der Waals surface area contributed by atoms with E-state index in [1.165, 1.54) is 0 Å². The summed E-state index contributed by atoms with van der Waals surface area (Å²) in [7, 11) is 3.67. The van der Waals surface area contributed by atoms with Crippen molar-refractivity contribution in [3.05, 3.63) is 46.0 Å². The standard InChI is InChI=1S/C15H20N4OS/c1-10(2)13-11(9-19(4)17-13)8-18(3)15(20)12-6-5-7-16-14(12)21/h5-7,9-10H,8H2,1-4H3,(H,16,21). The summed E-state index contributed by atoms with van der Waals surface area (Å²) in [5.74, 6) is 0.236. The first-order valence-corrected chi connectivity index (χ1v) is 7.26. The van der Waals surface area contributed by atoms with Gasteiger partial charge in [-0.3, -0.25) is 9.48 Å². The molecule has 0 atom stereocenters. The van der Waals surface area contributed by atoms with E-state index in [-0.39, 0.29) is 5.91 Å². The molecule has 21 heavy (non-hydrogen) atoms. The lowest BCUT2D eigenvalue weighted by molar-refractivity contribution is 0.0783. The molecule has 5 nitrogen and oxygen atoms in total. The van der Waals surface area contributed by atoms with Crippen LogP contribution in [0.3, 0.4) is 0 Å². The molecule has 2 rings (SSSR count). The van der Waals surface area contributed by atoms with Gasteiger partial charge in [-0.25, -0.2) is 0 Å². The minimum absolute atomic E-state index is 0.0876. The molecule has 6 heteroatoms. The Bertz CT molecular complexity index is 702. The van der Waals surface area contributed by atoms with Gasteiger partial charge >= 0.3 is 0 Å². The van der Waals surface area contributed by atoms with E-state index in [2.05, 4.69) is 23.9 Å². The fourth-order valence-corrected chi connectivity index (χ4v) is 2.51. The smallest absolute Gasteiger partial charge is 0.256 e. The van der Waals surface area contributed by atoms with Crippen molar-refractivity contribution in [3.8, 4) is 0 Å². The van der Waals surface area contributed by atoms with Gasteiger partial charge in [0.25, 0.3) is 5.91 Å². The first-order chi connectivity index (χ1) is 9.90. The normalized spacial score (nSPS) is 10.9. The van der Waals surface area contributed by atoms with Crippen LogP contribution in [0.5, 0.6) is 0 Å². The zero-order valence-electron chi connectivity index (χ0n) is 12.8. The van der Waals surface area contributed by atoms with Gasteiger partial charge in [-0.2, -0.15) is 5.10 Å². The van der Waals surface area contributed by atoms with Crippen LogP contribution in [0.2, 0.25) is 0 Å². The molecular formula is C15H20N4OS. The molecule has 2 heterocycles. The Morgan fingerprint density at radius 2 is 2.24 bits per heavy atom. The monoisotopic (exact) mass is 304 g/mol. The maximum absolute atomic E-state index is 12.5. The SMILES string of the molecule is CC(C)c1nn(C)cc1CN(C)C(=O)c1ccc[nH]c1=S. The predicted octanol–water partition coefficient (Wildman–Crippen LogP) is 2.87. The second kappa shape index (κ2) is 6.22. The Kier molecular flexibility index (Phi) is 4.57. The topological polar surface area (TPSA) is 53.9 Å². The average Bonchev–Trinajstić information content (AvgIpc) is 2.79. The molecule has 2 aromatic heterocycles. The summed E-state index contributed by atoms with van der Waals surface area (Å²) in [4.78, 5) is 17.0. The zero-order valence-corrected chi connectivity index (χ0v) is 13.6. The largest absolute Gasteiger partial charge is 0.352 e. The number of nitrogens with one attached hydrogen (secondary N) is 1. The van der Waals surface area contributed by atoms with E-state index < -0.39 is 0 Å². The highest BCUT2D eigenvalue weighted by atomic mass is 32.1. The minimum atomic E-state index is -0.0876. The van der Waals surface area contributed by atoms with Crippen LogP contribution in [-0.4, -0.2) is 32.6 Å². The summed E-state index contributed by atoms with van der Waals surface area (Å²) in [5, 5.41) is 4.46. The van der Waals surface area contributed by atoms with Crippen molar-refractivity contribution in [1.29, 1.82) is 0 Å². The lowest BCUT2D eigenvalue weighted by Gasteiger charge is -2.17. The molecule has 1 amide bonds. The van der Waals surface area contributed by atoms with Crippen LogP contribution >= 0.6 is 12.2 Å². The summed E-state index contributed by atoms with van der Waals surface area (Å²) in [6.07, 6.45) is 3.68. The number of H-pyrrole nitrogens is 1. The molecule has 0 saturated carbocycles. The van der Waals surface area contributed by atoms with Crippen LogP contribution < -0.4 is 0 Å². The molecule has 112 valence electrons. The zero-order chi connectivity index (χ0) is 15.6. The van der Waals surface area contributed by atoms with E-state index >= 15 is 0 Å². The average molecular weight is 304 g/mol. The molecular weight excluding hydrogens is 284 g/mol. The lowest BCUT2D eigenvalue weighted by atomic mass is 10.1. The van der Waals surface area contributed by atoms with Crippen LogP contribution in [0.1, 0.15) is 41.4 Å². The summed E-state index contributed by atoms with van der Waals surface area (Å²) in [6, 6.07) is 3.52. The third-order valence-electron chi connectivity index (χ3n) is 3.29. The number of rotatable bonds is 4. The summed E-state index contributed by atoms with van der Waals surface area (Å²) in [5.41, 5.74) is 2.61. The fraction of sp³-hybridized carbons (Fsp3) is 0.400. The molecule has 1 N–H and O–H groups in total. The number of carbonyl (C=O) groups is 1. The molecule has 0 fully saturated rings. The second-order valence-corrected chi connectivity index (χ2v) is 5.85. The number of aromatic nitrogens is 3. The van der Waals surface area contributed by atoms with Crippen LogP contribution in [0.4, 0.5) is 0 Å². The number of aryl methyl sites for hydroxylation is 1. The van der Waals surface area contributed by atoms with Gasteiger partial charge in [-0.05, 0) is 18.1 Å². The molecule has 2 aromatic rings. The van der Waals surface area contributed by atoms with Gasteiger partial charge in [0.15, 0.2) is 0 Å². The van der Waals surface area contributed by atoms with E-state index in [1.807, 2.05) is 13.2 Å². The number of pyridine rings is 1. The number of hydrogen-bond acceptors (Lipinski definition) is 3. The first-order valence-electron chi connectivity index (χ1n) is 6.85. The highest BCUT2D eigenvalue weighted by molar-refractivity contribution is 7.71. The van der Waals surface area contributed by atoms with Crippen LogP contribution in [0.15, 0.2) is 24.5 Å². The highest BCUT2D eigenvalue weighted by Gasteiger charge is 2.18. The Morgan fingerprint density at radius 1 is 1.52 bits per heavy atom. The number of aromatic amines is 1. The van der Waals surface area contributed by atoms with Gasteiger partial charge in [0, 0.05) is 38.6 Å². The van der Waals surface area contributed by atoms with Gasteiger partial charge in [0.05, 0.1) is 11.3 Å². The third-order valence-corrected chi connectivity index (χ3v) is 3.62. The van der Waals surface area contributed by atoms with Crippen molar-refractivity contribution in [2.24, 2.45) is 7.05 Å². The van der Waals surface area contributed by atoms with E-state index in [1.54, 1.807) is 35.0 Å². The molecule has 0 aromatic carbocycles. The molecule has 0 bridgehead atoms. The van der Waals surface area contributed by atoms with Crippen molar-refractivity contribution in [1.82, 2.24) is 19.7 Å². The lowest BCUT2D eigenvalue weighted by Crippen LogP contribution is -2.27. The van der Waals surface area contributed by atoms with Gasteiger partial charge in [-0.1, -0.05) is 26.1 Å². The maximum Gasteiger partial charge on any atom is 0.256 e. The number of nitrogens with zero attached hydrogens (tertiary/aromatic N) is 3. The van der Waals surface area contributed by atoms with E-state index in [9.17, 15) is 4.79 Å². The molecule has 0 aliphatic heterocycles. The van der Waals surface area contributed by atoms with E-state index in [0.29, 0.717) is 22.7 Å². The third kappa shape index (κ3) is 3.39. The van der Waals surface area contributed by atoms with Crippen molar-refractivity contribution in [2.75, 3.05) is 7.05 Å². The van der Waals surface area contributed by atoms with Crippen molar-refractivity contribution < 1.29 is 4.79 Å². The fourth-order valence-electron chi connectivity index (χ4n) is 2.29. The predicted molar refractivity (Wildman–Crippen MR) is 84.7 cm³/mol. The van der Waals surface area contributed by atoms with E-state index in [4.69, 9.17) is 12.2 Å². The molecule has 0 aliphatic rings. The van der Waals surface area contributed by atoms with Crippen molar-refractivity contribution in [2.45, 2.75) is 26.3 Å². The highest BCUT2D eigenvalue weighted by Crippen LogP contribution is 2.19. The number of amides is 1. The Morgan fingerprint density at radius 3 is 2.86 bits per heavy atom. The quantitative estimate of drug-likeness (QED) is 0.884. The van der Waals surface area contributed by atoms with Gasteiger partial charge in [0.2, 0.25) is 0 Å². The Labute approximate surface area is 129 Å².